The molecule has 0 aliphatic carbocycles. The Kier molecular flexibility index (Phi) is 41.0. The molecule has 0 heterocycles. The standard InChI is InChI=1S/2C18H39O3P.Cd/c2*1-3-5-7-9-11-13-15-17-18(22(19,20)21)16-14-12-10-8-6-4-2;/h2*18H,3-17H2,1-2H3,(H2,19,20,21);/q;;+2/p-2. The van der Waals surface area contributed by atoms with Crippen LogP contribution < -0.4 is 9.79 Å². The molecule has 0 saturated carbocycles. The third-order valence-electron chi connectivity index (χ3n) is 8.99. The van der Waals surface area contributed by atoms with Crippen LogP contribution in [0.15, 0.2) is 0 Å². The summed E-state index contributed by atoms with van der Waals surface area (Å²) in [7, 11) is -8.31. The minimum atomic E-state index is -4.15. The van der Waals surface area contributed by atoms with Crippen LogP contribution in [0.4, 0.5) is 0 Å². The van der Waals surface area contributed by atoms with E-state index in [0.717, 1.165) is 51.4 Å². The van der Waals surface area contributed by atoms with E-state index in [1.54, 1.807) is 0 Å². The van der Waals surface area contributed by atoms with Crippen LogP contribution in [0.2, 0.25) is 0 Å². The summed E-state index contributed by atoms with van der Waals surface area (Å²) in [6.45, 7) is 8.80. The summed E-state index contributed by atoms with van der Waals surface area (Å²) >= 11 is 0. The Bertz CT molecular complexity index is 614. The van der Waals surface area contributed by atoms with Crippen LogP contribution in [0.3, 0.4) is 0 Å². The Morgan fingerprint density at radius 2 is 0.533 bits per heavy atom. The fraction of sp³-hybridized carbons (Fsp3) is 1.00. The zero-order chi connectivity index (χ0) is 33.4. The van der Waals surface area contributed by atoms with Crippen molar-refractivity contribution in [1.82, 2.24) is 0 Å². The molecule has 0 aliphatic heterocycles. The molecular formula is C36H76CdO6P2. The number of hydrogen-bond donors (Lipinski definition) is 2. The minimum Gasteiger partial charge on any atom is -0.778 e. The van der Waals surface area contributed by atoms with Crippen molar-refractivity contribution in [3.05, 3.63) is 0 Å². The Morgan fingerprint density at radius 3 is 0.689 bits per heavy atom. The van der Waals surface area contributed by atoms with Gasteiger partial charge in [-0.2, -0.15) is 0 Å². The van der Waals surface area contributed by atoms with Gasteiger partial charge in [0, 0.05) is 11.3 Å². The van der Waals surface area contributed by atoms with Crippen molar-refractivity contribution in [2.45, 2.75) is 232 Å². The van der Waals surface area contributed by atoms with E-state index in [0.29, 0.717) is 25.7 Å². The average Bonchev–Trinajstić information content (AvgIpc) is 2.96. The van der Waals surface area contributed by atoms with Crippen molar-refractivity contribution in [2.75, 3.05) is 0 Å². The molecular weight excluding hydrogens is 703 g/mol. The summed E-state index contributed by atoms with van der Waals surface area (Å²) < 4.78 is 23.0. The molecule has 6 nitrogen and oxygen atoms in total. The zero-order valence-electron chi connectivity index (χ0n) is 30.5. The van der Waals surface area contributed by atoms with Crippen molar-refractivity contribution < 1.29 is 56.0 Å². The molecule has 0 amide bonds. The number of hydrogen-bond acceptors (Lipinski definition) is 4. The van der Waals surface area contributed by atoms with E-state index in [1.165, 1.54) is 116 Å². The molecule has 268 valence electrons. The molecule has 2 N–H and O–H groups in total. The van der Waals surface area contributed by atoms with Crippen molar-refractivity contribution in [2.24, 2.45) is 0 Å². The Labute approximate surface area is 301 Å². The molecule has 0 fully saturated rings. The number of unbranched alkanes of at least 4 members (excludes halogenated alkanes) is 22. The van der Waals surface area contributed by atoms with Crippen molar-refractivity contribution in [3.63, 3.8) is 0 Å². The molecule has 0 bridgehead atoms. The summed E-state index contributed by atoms with van der Waals surface area (Å²) in [5.74, 6) is 0. The fourth-order valence-corrected chi connectivity index (χ4v) is 7.97. The maximum atomic E-state index is 11.5. The predicted octanol–water partition coefficient (Wildman–Crippen LogP) is 11.6. The van der Waals surface area contributed by atoms with E-state index < -0.39 is 26.5 Å². The smallest absolute Gasteiger partial charge is 0.778 e. The summed E-state index contributed by atoms with van der Waals surface area (Å²) in [5.41, 5.74) is -1.01. The van der Waals surface area contributed by atoms with Gasteiger partial charge in [-0.3, -0.25) is 0 Å². The molecule has 0 radical (unpaired) electrons. The van der Waals surface area contributed by atoms with Crippen LogP contribution in [0, 0.1) is 0 Å². The van der Waals surface area contributed by atoms with Gasteiger partial charge >= 0.3 is 27.3 Å². The van der Waals surface area contributed by atoms with Gasteiger partial charge in [-0.05, 0) is 25.7 Å². The van der Waals surface area contributed by atoms with Crippen molar-refractivity contribution >= 4 is 15.2 Å². The summed E-state index contributed by atoms with van der Waals surface area (Å²) in [6.07, 6.45) is 33.1. The first-order chi connectivity index (χ1) is 21.0. The molecule has 0 aromatic rings. The summed E-state index contributed by atoms with van der Waals surface area (Å²) in [5, 5.41) is 0. The second-order valence-corrected chi connectivity index (χ2v) is 17.1. The van der Waals surface area contributed by atoms with Crippen LogP contribution in [-0.2, 0) is 36.4 Å². The molecule has 45 heavy (non-hydrogen) atoms. The van der Waals surface area contributed by atoms with Gasteiger partial charge < -0.3 is 28.7 Å². The van der Waals surface area contributed by atoms with Crippen molar-refractivity contribution in [1.29, 1.82) is 0 Å². The molecule has 4 unspecified atom stereocenters. The van der Waals surface area contributed by atoms with E-state index in [1.807, 2.05) is 0 Å². The van der Waals surface area contributed by atoms with Gasteiger partial charge in [0.15, 0.2) is 0 Å². The van der Waals surface area contributed by atoms with E-state index >= 15 is 0 Å². The fourth-order valence-electron chi connectivity index (χ4n) is 5.94. The van der Waals surface area contributed by atoms with E-state index in [-0.39, 0.29) is 27.3 Å². The average molecular weight is 779 g/mol. The predicted molar refractivity (Wildman–Crippen MR) is 188 cm³/mol. The second kappa shape index (κ2) is 36.5. The van der Waals surface area contributed by atoms with Crippen LogP contribution in [0.1, 0.15) is 220 Å². The van der Waals surface area contributed by atoms with Gasteiger partial charge in [0.2, 0.25) is 0 Å². The first-order valence-corrected chi connectivity index (χ1v) is 22.4. The summed E-state index contributed by atoms with van der Waals surface area (Å²) in [6, 6.07) is 0. The normalized spacial score (nSPS) is 15.3. The second-order valence-electron chi connectivity index (χ2n) is 13.4. The van der Waals surface area contributed by atoms with Crippen LogP contribution in [-0.4, -0.2) is 21.1 Å². The topological polar surface area (TPSA) is 121 Å². The minimum absolute atomic E-state index is 0. The van der Waals surface area contributed by atoms with Gasteiger partial charge in [0.25, 0.3) is 0 Å². The van der Waals surface area contributed by atoms with E-state index in [9.17, 15) is 28.7 Å². The van der Waals surface area contributed by atoms with E-state index in [4.69, 9.17) is 0 Å². The van der Waals surface area contributed by atoms with Crippen molar-refractivity contribution in [3.8, 4) is 0 Å². The first kappa shape index (κ1) is 50.6. The van der Waals surface area contributed by atoms with Gasteiger partial charge in [0.1, 0.15) is 15.2 Å². The number of rotatable bonds is 32. The molecule has 0 aliphatic rings. The van der Waals surface area contributed by atoms with Gasteiger partial charge in [-0.25, -0.2) is 0 Å². The Morgan fingerprint density at radius 1 is 0.378 bits per heavy atom. The SMILES string of the molecule is CCCCCCCCCC(CCCCCCCC)P(=O)([O-])O.CCCCCCCCCC(CCCCCCCC)P(=O)([O-])O.[Cd+2]. The monoisotopic (exact) mass is 780 g/mol. The third-order valence-corrected chi connectivity index (χ3v) is 11.9. The largest absolute Gasteiger partial charge is 2.00 e. The van der Waals surface area contributed by atoms with Gasteiger partial charge in [0.05, 0.1) is 0 Å². The third kappa shape index (κ3) is 37.9. The Balaban J connectivity index is -0.000000767. The van der Waals surface area contributed by atoms with Gasteiger partial charge in [-0.15, -0.1) is 0 Å². The van der Waals surface area contributed by atoms with E-state index in [2.05, 4.69) is 27.7 Å². The molecule has 4 atom stereocenters. The van der Waals surface area contributed by atoms with Crippen LogP contribution >= 0.6 is 15.2 Å². The van der Waals surface area contributed by atoms with Crippen LogP contribution in [0.25, 0.3) is 0 Å². The molecule has 0 spiro atoms. The van der Waals surface area contributed by atoms with Crippen LogP contribution in [0.5, 0.6) is 0 Å². The molecule has 0 rings (SSSR count). The summed E-state index contributed by atoms with van der Waals surface area (Å²) in [4.78, 5) is 41.8. The zero-order valence-corrected chi connectivity index (χ0v) is 36.3. The Hall–Kier alpha value is 1.22. The maximum absolute atomic E-state index is 11.5. The first-order valence-electron chi connectivity index (χ1n) is 19.1. The quantitative estimate of drug-likeness (QED) is 0.0398. The molecule has 9 heteroatoms. The van der Waals surface area contributed by atoms with Gasteiger partial charge in [-0.1, -0.05) is 195 Å². The molecule has 0 saturated heterocycles. The molecule has 0 aromatic heterocycles. The molecule has 0 aromatic carbocycles. The maximum Gasteiger partial charge on any atom is 2.00 e.